The summed E-state index contributed by atoms with van der Waals surface area (Å²) in [6, 6.07) is 3.77. The number of aromatic nitrogens is 1. The Labute approximate surface area is 104 Å². The van der Waals surface area contributed by atoms with E-state index < -0.39 is 0 Å². The Hall–Kier alpha value is -0.680. The number of nitrogens with zero attached hydrogens (tertiary/aromatic N) is 1. The quantitative estimate of drug-likeness (QED) is 0.779. The number of nitrogens with one attached hydrogen (secondary N) is 2. The first-order valence-electron chi connectivity index (χ1n) is 4.57. The van der Waals surface area contributed by atoms with Crippen LogP contribution >= 0.6 is 28.1 Å². The Morgan fingerprint density at radius 1 is 1.40 bits per heavy atom. The standard InChI is InChI=1S/C10H14BrN3S/c1-10(2,3)14-9(15)13-8-5-4-7(11)6-12-8/h4-6H,1-3H3,(H2,12,13,14,15). The molecule has 5 heteroatoms. The molecule has 2 N–H and O–H groups in total. The van der Waals surface area contributed by atoms with Crippen molar-refractivity contribution in [3.8, 4) is 0 Å². The molecule has 1 aromatic heterocycles. The summed E-state index contributed by atoms with van der Waals surface area (Å²) in [4.78, 5) is 4.16. The van der Waals surface area contributed by atoms with E-state index in [1.165, 1.54) is 0 Å². The van der Waals surface area contributed by atoms with Crippen molar-refractivity contribution in [2.24, 2.45) is 0 Å². The Bertz CT molecular complexity index is 343. The van der Waals surface area contributed by atoms with Crippen molar-refractivity contribution in [2.75, 3.05) is 5.32 Å². The number of thiocarbonyl (C=S) groups is 1. The zero-order valence-electron chi connectivity index (χ0n) is 8.97. The van der Waals surface area contributed by atoms with E-state index in [1.807, 2.05) is 12.1 Å². The fourth-order valence-electron chi connectivity index (χ4n) is 0.938. The predicted octanol–water partition coefficient (Wildman–Crippen LogP) is 2.93. The summed E-state index contributed by atoms with van der Waals surface area (Å²) in [6.45, 7) is 6.15. The van der Waals surface area contributed by atoms with E-state index in [4.69, 9.17) is 12.2 Å². The molecule has 0 atom stereocenters. The second-order valence-electron chi connectivity index (χ2n) is 4.19. The van der Waals surface area contributed by atoms with Crippen LogP contribution in [0.15, 0.2) is 22.8 Å². The highest BCUT2D eigenvalue weighted by atomic mass is 79.9. The van der Waals surface area contributed by atoms with Gasteiger partial charge >= 0.3 is 0 Å². The number of anilines is 1. The Morgan fingerprint density at radius 2 is 2.07 bits per heavy atom. The molecule has 1 aromatic rings. The van der Waals surface area contributed by atoms with Gasteiger partial charge in [0.15, 0.2) is 5.11 Å². The number of halogens is 1. The van der Waals surface area contributed by atoms with Crippen LogP contribution in [0.1, 0.15) is 20.8 Å². The van der Waals surface area contributed by atoms with Crippen LogP contribution in [0.2, 0.25) is 0 Å². The van der Waals surface area contributed by atoms with Gasteiger partial charge in [0.05, 0.1) is 0 Å². The second-order valence-corrected chi connectivity index (χ2v) is 5.51. The second kappa shape index (κ2) is 4.90. The van der Waals surface area contributed by atoms with E-state index in [-0.39, 0.29) is 5.54 Å². The molecule has 0 saturated carbocycles. The van der Waals surface area contributed by atoms with Crippen LogP contribution < -0.4 is 10.6 Å². The summed E-state index contributed by atoms with van der Waals surface area (Å²) in [5, 5.41) is 6.75. The Kier molecular flexibility index (Phi) is 4.04. The minimum absolute atomic E-state index is 0.0422. The SMILES string of the molecule is CC(C)(C)NC(=S)Nc1ccc(Br)cn1. The lowest BCUT2D eigenvalue weighted by molar-refractivity contribution is 0.515. The van der Waals surface area contributed by atoms with Crippen molar-refractivity contribution in [1.29, 1.82) is 0 Å². The first-order valence-corrected chi connectivity index (χ1v) is 5.78. The molecule has 0 bridgehead atoms. The van der Waals surface area contributed by atoms with Crippen molar-refractivity contribution in [3.63, 3.8) is 0 Å². The highest BCUT2D eigenvalue weighted by Gasteiger charge is 2.10. The van der Waals surface area contributed by atoms with E-state index in [0.717, 1.165) is 10.3 Å². The minimum atomic E-state index is -0.0422. The molecule has 15 heavy (non-hydrogen) atoms. The smallest absolute Gasteiger partial charge is 0.172 e. The molecule has 0 aliphatic rings. The summed E-state index contributed by atoms with van der Waals surface area (Å²) in [5.41, 5.74) is -0.0422. The maximum atomic E-state index is 5.14. The molecule has 0 saturated heterocycles. The maximum Gasteiger partial charge on any atom is 0.172 e. The molecule has 0 radical (unpaired) electrons. The molecule has 0 aromatic carbocycles. The van der Waals surface area contributed by atoms with Gasteiger partial charge in [-0.05, 0) is 61.1 Å². The van der Waals surface area contributed by atoms with Gasteiger partial charge in [-0.3, -0.25) is 0 Å². The van der Waals surface area contributed by atoms with Gasteiger partial charge in [0.1, 0.15) is 5.82 Å². The Balaban J connectivity index is 2.55. The molecule has 0 spiro atoms. The van der Waals surface area contributed by atoms with Crippen molar-refractivity contribution >= 4 is 39.1 Å². The van der Waals surface area contributed by atoms with Gasteiger partial charge in [-0.15, -0.1) is 0 Å². The third-order valence-corrected chi connectivity index (χ3v) is 2.13. The summed E-state index contributed by atoms with van der Waals surface area (Å²) < 4.78 is 0.947. The van der Waals surface area contributed by atoms with E-state index in [2.05, 4.69) is 52.3 Å². The van der Waals surface area contributed by atoms with E-state index in [9.17, 15) is 0 Å². The molecule has 1 heterocycles. The topological polar surface area (TPSA) is 37.0 Å². The van der Waals surface area contributed by atoms with Crippen LogP contribution in [0.5, 0.6) is 0 Å². The summed E-state index contributed by atoms with van der Waals surface area (Å²) in [6.07, 6.45) is 1.72. The zero-order chi connectivity index (χ0) is 11.5. The number of hydrogen-bond acceptors (Lipinski definition) is 2. The van der Waals surface area contributed by atoms with Gasteiger partial charge in [0.2, 0.25) is 0 Å². The van der Waals surface area contributed by atoms with Gasteiger partial charge in [-0.2, -0.15) is 0 Å². The monoisotopic (exact) mass is 287 g/mol. The lowest BCUT2D eigenvalue weighted by atomic mass is 10.1. The maximum absolute atomic E-state index is 5.14. The molecule has 0 aliphatic carbocycles. The van der Waals surface area contributed by atoms with Crippen molar-refractivity contribution < 1.29 is 0 Å². The van der Waals surface area contributed by atoms with Gasteiger partial charge in [0, 0.05) is 16.2 Å². The summed E-state index contributed by atoms with van der Waals surface area (Å²) in [5.74, 6) is 0.736. The summed E-state index contributed by atoms with van der Waals surface area (Å²) >= 11 is 8.46. The number of pyridine rings is 1. The van der Waals surface area contributed by atoms with Crippen LogP contribution in [0, 0.1) is 0 Å². The molecule has 82 valence electrons. The number of rotatable bonds is 1. The largest absolute Gasteiger partial charge is 0.358 e. The lowest BCUT2D eigenvalue weighted by Gasteiger charge is -2.22. The Morgan fingerprint density at radius 3 is 2.53 bits per heavy atom. The summed E-state index contributed by atoms with van der Waals surface area (Å²) in [7, 11) is 0. The average molecular weight is 288 g/mol. The highest BCUT2D eigenvalue weighted by Crippen LogP contribution is 2.10. The van der Waals surface area contributed by atoms with Crippen LogP contribution in [0.4, 0.5) is 5.82 Å². The van der Waals surface area contributed by atoms with Crippen molar-refractivity contribution in [1.82, 2.24) is 10.3 Å². The van der Waals surface area contributed by atoms with Crippen molar-refractivity contribution in [3.05, 3.63) is 22.8 Å². The lowest BCUT2D eigenvalue weighted by Crippen LogP contribution is -2.43. The van der Waals surface area contributed by atoms with Gasteiger partial charge in [-0.25, -0.2) is 4.98 Å². The van der Waals surface area contributed by atoms with Crippen LogP contribution in [0.3, 0.4) is 0 Å². The third-order valence-electron chi connectivity index (χ3n) is 1.46. The predicted molar refractivity (Wildman–Crippen MR) is 71.0 cm³/mol. The molecule has 3 nitrogen and oxygen atoms in total. The number of hydrogen-bond donors (Lipinski definition) is 2. The molecule has 0 unspecified atom stereocenters. The fraction of sp³-hybridized carbons (Fsp3) is 0.400. The van der Waals surface area contributed by atoms with E-state index in [1.54, 1.807) is 6.20 Å². The third kappa shape index (κ3) is 5.09. The van der Waals surface area contributed by atoms with E-state index >= 15 is 0 Å². The highest BCUT2D eigenvalue weighted by molar-refractivity contribution is 9.10. The van der Waals surface area contributed by atoms with Crippen molar-refractivity contribution in [2.45, 2.75) is 26.3 Å². The van der Waals surface area contributed by atoms with Gasteiger partial charge in [-0.1, -0.05) is 0 Å². The van der Waals surface area contributed by atoms with Gasteiger partial charge < -0.3 is 10.6 Å². The fourth-order valence-corrected chi connectivity index (χ4v) is 1.58. The first kappa shape index (κ1) is 12.4. The van der Waals surface area contributed by atoms with Crippen LogP contribution in [0.25, 0.3) is 0 Å². The zero-order valence-corrected chi connectivity index (χ0v) is 11.4. The molecule has 1 rings (SSSR count). The minimum Gasteiger partial charge on any atom is -0.358 e. The normalized spacial score (nSPS) is 10.9. The molecule has 0 aliphatic heterocycles. The average Bonchev–Trinajstić information content (AvgIpc) is 2.05. The first-order chi connectivity index (χ1) is 6.87. The molecular formula is C10H14BrN3S. The van der Waals surface area contributed by atoms with E-state index in [0.29, 0.717) is 5.11 Å². The molecule has 0 fully saturated rings. The molecular weight excluding hydrogens is 274 g/mol. The van der Waals surface area contributed by atoms with Crippen LogP contribution in [-0.2, 0) is 0 Å². The van der Waals surface area contributed by atoms with Gasteiger partial charge in [0.25, 0.3) is 0 Å². The molecule has 0 amide bonds. The van der Waals surface area contributed by atoms with Crippen LogP contribution in [-0.4, -0.2) is 15.6 Å².